The highest BCUT2D eigenvalue weighted by Crippen LogP contribution is 2.36. The first kappa shape index (κ1) is 17.6. The Morgan fingerprint density at radius 3 is 2.65 bits per heavy atom. The quantitative estimate of drug-likeness (QED) is 0.865. The van der Waals surface area contributed by atoms with E-state index in [-0.39, 0.29) is 24.7 Å². The van der Waals surface area contributed by atoms with E-state index in [1.807, 2.05) is 38.1 Å². The maximum absolute atomic E-state index is 12.1. The lowest BCUT2D eigenvalue weighted by Crippen LogP contribution is -2.38. The summed E-state index contributed by atoms with van der Waals surface area (Å²) in [6.07, 6.45) is 0. The number of ether oxygens (including phenoxy) is 3. The first-order valence-corrected chi connectivity index (χ1v) is 8.28. The van der Waals surface area contributed by atoms with E-state index in [0.29, 0.717) is 17.9 Å². The van der Waals surface area contributed by atoms with Gasteiger partial charge in [-0.25, -0.2) is 0 Å². The number of nitrogens with zero attached hydrogens (tertiary/aromatic N) is 1. The molecule has 2 aromatic carbocycles. The fourth-order valence-corrected chi connectivity index (χ4v) is 2.56. The third kappa shape index (κ3) is 4.06. The Labute approximate surface area is 152 Å². The summed E-state index contributed by atoms with van der Waals surface area (Å²) in [5, 5.41) is 11.7. The smallest absolute Gasteiger partial charge is 0.257 e. The van der Waals surface area contributed by atoms with Crippen LogP contribution in [0, 0.1) is 11.3 Å². The lowest BCUT2D eigenvalue weighted by Gasteiger charge is -2.26. The van der Waals surface area contributed by atoms with Crippen LogP contribution in [0.2, 0.25) is 0 Å². The van der Waals surface area contributed by atoms with E-state index in [2.05, 4.69) is 5.32 Å². The number of fused-ring (bicyclic) bond motifs is 1. The van der Waals surface area contributed by atoms with Crippen LogP contribution in [-0.4, -0.2) is 25.9 Å². The zero-order valence-corrected chi connectivity index (χ0v) is 14.7. The van der Waals surface area contributed by atoms with E-state index >= 15 is 0 Å². The molecule has 1 aliphatic heterocycles. The van der Waals surface area contributed by atoms with Crippen LogP contribution in [0.4, 0.5) is 0 Å². The van der Waals surface area contributed by atoms with Gasteiger partial charge in [0.05, 0.1) is 11.6 Å². The van der Waals surface area contributed by atoms with Crippen LogP contribution in [-0.2, 0) is 10.2 Å². The number of nitriles is 1. The molecular weight excluding hydrogens is 332 g/mol. The zero-order chi connectivity index (χ0) is 18.6. The molecule has 1 amide bonds. The fraction of sp³-hybridized carbons (Fsp3) is 0.300. The Balaban J connectivity index is 1.52. The molecule has 0 aromatic heterocycles. The molecule has 3 rings (SSSR count). The number of nitrogens with one attached hydrogen (secondary N) is 1. The molecule has 0 bridgehead atoms. The van der Waals surface area contributed by atoms with Crippen molar-refractivity contribution in [2.45, 2.75) is 19.3 Å². The van der Waals surface area contributed by atoms with E-state index in [1.165, 1.54) is 0 Å². The predicted molar refractivity (Wildman–Crippen MR) is 95.3 cm³/mol. The minimum atomic E-state index is -0.273. The van der Waals surface area contributed by atoms with Crippen molar-refractivity contribution in [2.75, 3.05) is 19.9 Å². The normalized spacial score (nSPS) is 12.3. The second-order valence-corrected chi connectivity index (χ2v) is 6.65. The van der Waals surface area contributed by atoms with Crippen LogP contribution in [0.1, 0.15) is 25.0 Å². The highest BCUT2D eigenvalue weighted by Gasteiger charge is 2.24. The van der Waals surface area contributed by atoms with E-state index < -0.39 is 0 Å². The first-order valence-electron chi connectivity index (χ1n) is 8.28. The summed E-state index contributed by atoms with van der Waals surface area (Å²) < 4.78 is 16.2. The molecule has 6 nitrogen and oxygen atoms in total. The largest absolute Gasteiger partial charge is 0.484 e. The van der Waals surface area contributed by atoms with E-state index in [4.69, 9.17) is 19.5 Å². The lowest BCUT2D eigenvalue weighted by molar-refractivity contribution is -0.123. The topological polar surface area (TPSA) is 80.6 Å². The summed E-state index contributed by atoms with van der Waals surface area (Å²) in [6, 6.07) is 14.5. The molecule has 134 valence electrons. The summed E-state index contributed by atoms with van der Waals surface area (Å²) in [6.45, 7) is 4.71. The molecule has 0 radical (unpaired) electrons. The monoisotopic (exact) mass is 352 g/mol. The van der Waals surface area contributed by atoms with Gasteiger partial charge in [0.15, 0.2) is 18.1 Å². The summed E-state index contributed by atoms with van der Waals surface area (Å²) in [5.41, 5.74) is 1.33. The highest BCUT2D eigenvalue weighted by atomic mass is 16.7. The van der Waals surface area contributed by atoms with Crippen LogP contribution in [0.3, 0.4) is 0 Å². The van der Waals surface area contributed by atoms with Crippen LogP contribution < -0.4 is 19.5 Å². The Morgan fingerprint density at radius 1 is 1.19 bits per heavy atom. The van der Waals surface area contributed by atoms with E-state index in [1.54, 1.807) is 24.3 Å². The molecule has 6 heteroatoms. The Kier molecular flexibility index (Phi) is 4.99. The number of amides is 1. The van der Waals surface area contributed by atoms with Crippen LogP contribution in [0.25, 0.3) is 0 Å². The van der Waals surface area contributed by atoms with Gasteiger partial charge in [0.25, 0.3) is 5.91 Å². The van der Waals surface area contributed by atoms with Crippen molar-refractivity contribution in [3.05, 3.63) is 53.6 Å². The van der Waals surface area contributed by atoms with Gasteiger partial charge < -0.3 is 19.5 Å². The fourth-order valence-electron chi connectivity index (χ4n) is 2.56. The molecule has 0 saturated heterocycles. The number of hydrogen-bond donors (Lipinski definition) is 1. The molecule has 0 atom stereocenters. The number of rotatable bonds is 6. The minimum Gasteiger partial charge on any atom is -0.484 e. The number of benzene rings is 2. The minimum absolute atomic E-state index is 0.0802. The first-order chi connectivity index (χ1) is 12.5. The number of carbonyl (C=O) groups excluding carboxylic acids is 1. The second-order valence-electron chi connectivity index (χ2n) is 6.65. The molecule has 0 unspecified atom stereocenters. The molecule has 1 aliphatic rings. The summed E-state index contributed by atoms with van der Waals surface area (Å²) in [7, 11) is 0. The third-order valence-electron chi connectivity index (χ3n) is 4.23. The van der Waals surface area contributed by atoms with Crippen molar-refractivity contribution in [1.82, 2.24) is 5.32 Å². The molecule has 2 aromatic rings. The molecule has 0 fully saturated rings. The third-order valence-corrected chi connectivity index (χ3v) is 4.23. The van der Waals surface area contributed by atoms with E-state index in [9.17, 15) is 4.79 Å². The van der Waals surface area contributed by atoms with E-state index in [0.717, 1.165) is 17.1 Å². The molecular formula is C20H20N2O4. The molecule has 1 N–H and O–H groups in total. The SMILES string of the molecule is CC(C)(CNC(=O)COc1ccc(C#N)cc1)c1ccc2c(c1)OCO2. The Bertz CT molecular complexity index is 838. The van der Waals surface area contributed by atoms with Gasteiger partial charge in [-0.2, -0.15) is 5.26 Å². The Morgan fingerprint density at radius 2 is 1.92 bits per heavy atom. The van der Waals surface area contributed by atoms with Crippen LogP contribution in [0.15, 0.2) is 42.5 Å². The second kappa shape index (κ2) is 7.36. The zero-order valence-electron chi connectivity index (χ0n) is 14.7. The molecule has 0 spiro atoms. The van der Waals surface area contributed by atoms with Crippen LogP contribution in [0.5, 0.6) is 17.2 Å². The number of carbonyl (C=O) groups is 1. The van der Waals surface area contributed by atoms with Crippen molar-refractivity contribution in [2.24, 2.45) is 0 Å². The summed E-state index contributed by atoms with van der Waals surface area (Å²) in [4.78, 5) is 12.1. The average molecular weight is 352 g/mol. The lowest BCUT2D eigenvalue weighted by atomic mass is 9.84. The average Bonchev–Trinajstić information content (AvgIpc) is 3.13. The van der Waals surface area contributed by atoms with Gasteiger partial charge in [0.1, 0.15) is 5.75 Å². The Hall–Kier alpha value is -3.20. The van der Waals surface area contributed by atoms with Gasteiger partial charge in [-0.05, 0) is 42.0 Å². The van der Waals surface area contributed by atoms with Gasteiger partial charge in [0, 0.05) is 12.0 Å². The van der Waals surface area contributed by atoms with Crippen LogP contribution >= 0.6 is 0 Å². The van der Waals surface area contributed by atoms with Crippen molar-refractivity contribution < 1.29 is 19.0 Å². The maximum atomic E-state index is 12.1. The molecule has 1 heterocycles. The molecule has 0 saturated carbocycles. The molecule has 0 aliphatic carbocycles. The van der Waals surface area contributed by atoms with Gasteiger partial charge in [-0.15, -0.1) is 0 Å². The van der Waals surface area contributed by atoms with Crippen molar-refractivity contribution in [1.29, 1.82) is 5.26 Å². The summed E-state index contributed by atoms with van der Waals surface area (Å²) in [5.74, 6) is 1.81. The molecule has 26 heavy (non-hydrogen) atoms. The van der Waals surface area contributed by atoms with Gasteiger partial charge in [-0.3, -0.25) is 4.79 Å². The van der Waals surface area contributed by atoms with Crippen molar-refractivity contribution in [3.63, 3.8) is 0 Å². The maximum Gasteiger partial charge on any atom is 0.257 e. The number of hydrogen-bond acceptors (Lipinski definition) is 5. The van der Waals surface area contributed by atoms with Gasteiger partial charge in [0.2, 0.25) is 6.79 Å². The standard InChI is InChI=1S/C20H20N2O4/c1-20(2,15-5-8-17-18(9-15)26-13-25-17)12-22-19(23)11-24-16-6-3-14(10-21)4-7-16/h3-9H,11-13H2,1-2H3,(H,22,23). The highest BCUT2D eigenvalue weighted by molar-refractivity contribution is 5.77. The van der Waals surface area contributed by atoms with Gasteiger partial charge >= 0.3 is 0 Å². The van der Waals surface area contributed by atoms with Crippen molar-refractivity contribution in [3.8, 4) is 23.3 Å². The van der Waals surface area contributed by atoms with Gasteiger partial charge in [-0.1, -0.05) is 19.9 Å². The summed E-state index contributed by atoms with van der Waals surface area (Å²) >= 11 is 0. The van der Waals surface area contributed by atoms with Crippen molar-refractivity contribution >= 4 is 5.91 Å². The predicted octanol–water partition coefficient (Wildman–Crippen LogP) is 2.76.